The fraction of sp³-hybridized carbons (Fsp3) is 0.208. The molecule has 3 aromatic carbocycles. The van der Waals surface area contributed by atoms with Crippen molar-refractivity contribution in [3.05, 3.63) is 64.2 Å². The van der Waals surface area contributed by atoms with Crippen molar-refractivity contribution in [3.63, 3.8) is 0 Å². The molecule has 0 aliphatic carbocycles. The maximum absolute atomic E-state index is 13.6. The van der Waals surface area contributed by atoms with E-state index in [2.05, 4.69) is 0 Å². The standard InChI is InChI=1S/C24H17ClF3NO6/c1-2-34-17-10-13-4-3-5-16(35-11-24(26,27)28)19(13)21-20(17)22(32)29(23(21)33)15-7-6-12(8-14(15)25)9-18(30)31/h3-8,10H,2,9,11H2,1H3,(H,30,31). The van der Waals surface area contributed by atoms with Gasteiger partial charge >= 0.3 is 12.1 Å². The lowest BCUT2D eigenvalue weighted by molar-refractivity contribution is -0.153. The van der Waals surface area contributed by atoms with Gasteiger partial charge in [-0.2, -0.15) is 13.2 Å². The minimum atomic E-state index is -4.62. The molecule has 1 N–H and O–H groups in total. The number of ether oxygens (including phenoxy) is 2. The van der Waals surface area contributed by atoms with Crippen LogP contribution in [0.3, 0.4) is 0 Å². The van der Waals surface area contributed by atoms with E-state index in [1.165, 1.54) is 36.4 Å². The van der Waals surface area contributed by atoms with E-state index in [0.717, 1.165) is 4.90 Å². The topological polar surface area (TPSA) is 93.1 Å². The molecule has 1 aliphatic rings. The van der Waals surface area contributed by atoms with Crippen LogP contribution in [0, 0.1) is 0 Å². The number of aliphatic carboxylic acids is 1. The van der Waals surface area contributed by atoms with Crippen LogP contribution in [0.5, 0.6) is 11.5 Å². The van der Waals surface area contributed by atoms with E-state index >= 15 is 0 Å². The summed E-state index contributed by atoms with van der Waals surface area (Å²) in [4.78, 5) is 38.8. The van der Waals surface area contributed by atoms with Crippen molar-refractivity contribution in [2.45, 2.75) is 19.5 Å². The predicted octanol–water partition coefficient (Wildman–Crippen LogP) is 5.26. The van der Waals surface area contributed by atoms with Gasteiger partial charge in [0.2, 0.25) is 0 Å². The molecule has 0 saturated carbocycles. The van der Waals surface area contributed by atoms with Crippen LogP contribution in [0.15, 0.2) is 42.5 Å². The minimum absolute atomic E-state index is 0.00343. The van der Waals surface area contributed by atoms with Gasteiger partial charge in [0.15, 0.2) is 6.61 Å². The first-order valence-corrected chi connectivity index (χ1v) is 10.7. The van der Waals surface area contributed by atoms with Crippen molar-refractivity contribution in [1.82, 2.24) is 0 Å². The first-order chi connectivity index (χ1) is 16.5. The van der Waals surface area contributed by atoms with Crippen LogP contribution >= 0.6 is 11.6 Å². The molecule has 0 aromatic heterocycles. The lowest BCUT2D eigenvalue weighted by Gasteiger charge is -2.16. The number of carbonyl (C=O) groups is 3. The van der Waals surface area contributed by atoms with Crippen LogP contribution in [-0.4, -0.2) is 42.3 Å². The van der Waals surface area contributed by atoms with E-state index in [1.54, 1.807) is 13.0 Å². The highest BCUT2D eigenvalue weighted by atomic mass is 35.5. The molecule has 1 heterocycles. The SMILES string of the molecule is CCOc1cc2cccc(OCC(F)(F)F)c2c2c1C(=O)N(c1ccc(CC(=O)O)cc1Cl)C2=O. The zero-order chi connectivity index (χ0) is 25.5. The summed E-state index contributed by atoms with van der Waals surface area (Å²) in [6, 6.07) is 9.85. The Bertz CT molecular complexity index is 1370. The van der Waals surface area contributed by atoms with E-state index in [1.807, 2.05) is 0 Å². The fourth-order valence-electron chi connectivity index (χ4n) is 3.92. The lowest BCUT2D eigenvalue weighted by Crippen LogP contribution is -2.29. The van der Waals surface area contributed by atoms with E-state index in [-0.39, 0.29) is 51.7 Å². The number of benzene rings is 3. The minimum Gasteiger partial charge on any atom is -0.493 e. The van der Waals surface area contributed by atoms with Crippen LogP contribution in [-0.2, 0) is 11.2 Å². The molecular weight excluding hydrogens is 491 g/mol. The highest BCUT2D eigenvalue weighted by molar-refractivity contribution is 6.42. The number of fused-ring (bicyclic) bond motifs is 3. The molecule has 11 heteroatoms. The van der Waals surface area contributed by atoms with Gasteiger partial charge in [-0.15, -0.1) is 0 Å². The number of carbonyl (C=O) groups excluding carboxylic acids is 2. The summed E-state index contributed by atoms with van der Waals surface area (Å²) < 4.78 is 49.1. The molecule has 2 amide bonds. The first-order valence-electron chi connectivity index (χ1n) is 10.3. The van der Waals surface area contributed by atoms with Crippen molar-refractivity contribution in [2.24, 2.45) is 0 Å². The molecule has 182 valence electrons. The van der Waals surface area contributed by atoms with Gasteiger partial charge in [-0.25, -0.2) is 4.90 Å². The van der Waals surface area contributed by atoms with Gasteiger partial charge in [-0.1, -0.05) is 29.8 Å². The van der Waals surface area contributed by atoms with Crippen molar-refractivity contribution in [2.75, 3.05) is 18.1 Å². The third-order valence-corrected chi connectivity index (χ3v) is 5.53. The highest BCUT2D eigenvalue weighted by Crippen LogP contribution is 2.44. The average molecular weight is 508 g/mol. The number of rotatable bonds is 7. The van der Waals surface area contributed by atoms with Crippen molar-refractivity contribution in [3.8, 4) is 11.5 Å². The molecule has 0 radical (unpaired) electrons. The smallest absolute Gasteiger partial charge is 0.422 e. The summed E-state index contributed by atoms with van der Waals surface area (Å²) in [7, 11) is 0. The summed E-state index contributed by atoms with van der Waals surface area (Å²) in [5.74, 6) is -2.83. The molecular formula is C24H17ClF3NO6. The van der Waals surface area contributed by atoms with Crippen molar-refractivity contribution in [1.29, 1.82) is 0 Å². The average Bonchev–Trinajstić information content (AvgIpc) is 3.02. The van der Waals surface area contributed by atoms with Crippen LogP contribution in [0.1, 0.15) is 33.2 Å². The Hall–Kier alpha value is -3.79. The predicted molar refractivity (Wildman–Crippen MR) is 121 cm³/mol. The Balaban J connectivity index is 1.89. The molecule has 3 aromatic rings. The van der Waals surface area contributed by atoms with Crippen LogP contribution in [0.2, 0.25) is 5.02 Å². The number of hydrogen-bond acceptors (Lipinski definition) is 5. The summed E-state index contributed by atoms with van der Waals surface area (Å²) in [6.45, 7) is 0.252. The van der Waals surface area contributed by atoms with E-state index < -0.39 is 30.6 Å². The molecule has 4 rings (SSSR count). The summed E-state index contributed by atoms with van der Waals surface area (Å²) in [5, 5.41) is 9.32. The Morgan fingerprint density at radius 1 is 1.03 bits per heavy atom. The third-order valence-electron chi connectivity index (χ3n) is 5.22. The van der Waals surface area contributed by atoms with Crippen LogP contribution in [0.25, 0.3) is 10.8 Å². The number of imide groups is 1. The van der Waals surface area contributed by atoms with Crippen molar-refractivity contribution >= 4 is 45.8 Å². The van der Waals surface area contributed by atoms with Crippen molar-refractivity contribution < 1.29 is 42.1 Å². The molecule has 1 aliphatic heterocycles. The molecule has 0 atom stereocenters. The number of nitrogens with zero attached hydrogens (tertiary/aromatic N) is 1. The second-order valence-electron chi connectivity index (χ2n) is 7.62. The Morgan fingerprint density at radius 3 is 2.37 bits per heavy atom. The van der Waals surface area contributed by atoms with Gasteiger partial charge in [-0.05, 0) is 42.1 Å². The molecule has 0 saturated heterocycles. The molecule has 0 spiro atoms. The largest absolute Gasteiger partial charge is 0.493 e. The summed E-state index contributed by atoms with van der Waals surface area (Å²) in [6.07, 6.45) is -4.94. The number of alkyl halides is 3. The van der Waals surface area contributed by atoms with Gasteiger partial charge in [-0.3, -0.25) is 14.4 Å². The monoisotopic (exact) mass is 507 g/mol. The second kappa shape index (κ2) is 9.10. The highest BCUT2D eigenvalue weighted by Gasteiger charge is 2.42. The van der Waals surface area contributed by atoms with Crippen LogP contribution in [0.4, 0.5) is 18.9 Å². The number of carboxylic acid groups (broad SMARTS) is 1. The van der Waals surface area contributed by atoms with Gasteiger partial charge in [0.25, 0.3) is 11.8 Å². The van der Waals surface area contributed by atoms with Gasteiger partial charge < -0.3 is 14.6 Å². The number of anilines is 1. The van der Waals surface area contributed by atoms with Gasteiger partial charge in [0.05, 0.1) is 34.9 Å². The Labute approximate surface area is 201 Å². The maximum Gasteiger partial charge on any atom is 0.422 e. The zero-order valence-corrected chi connectivity index (χ0v) is 18.9. The van der Waals surface area contributed by atoms with E-state index in [9.17, 15) is 27.6 Å². The van der Waals surface area contributed by atoms with Gasteiger partial charge in [0, 0.05) is 5.39 Å². The Morgan fingerprint density at radius 2 is 1.74 bits per heavy atom. The number of halogens is 4. The number of hydrogen-bond donors (Lipinski definition) is 1. The maximum atomic E-state index is 13.6. The quantitative estimate of drug-likeness (QED) is 0.438. The first kappa shape index (κ1) is 24.3. The normalized spacial score (nSPS) is 13.3. The molecule has 7 nitrogen and oxygen atoms in total. The fourth-order valence-corrected chi connectivity index (χ4v) is 4.21. The van der Waals surface area contributed by atoms with E-state index in [0.29, 0.717) is 10.9 Å². The number of amides is 2. The summed E-state index contributed by atoms with van der Waals surface area (Å²) >= 11 is 6.30. The lowest BCUT2D eigenvalue weighted by atomic mass is 9.98. The van der Waals surface area contributed by atoms with Gasteiger partial charge in [0.1, 0.15) is 11.5 Å². The summed E-state index contributed by atoms with van der Waals surface area (Å²) in [5.41, 5.74) is 0.0555. The number of carboxylic acids is 1. The van der Waals surface area contributed by atoms with E-state index in [4.69, 9.17) is 26.2 Å². The zero-order valence-electron chi connectivity index (χ0n) is 18.1. The second-order valence-corrected chi connectivity index (χ2v) is 8.03. The molecule has 0 unspecified atom stereocenters. The Kier molecular flexibility index (Phi) is 6.33. The molecule has 0 fully saturated rings. The molecule has 0 bridgehead atoms. The third kappa shape index (κ3) is 4.61. The molecule has 35 heavy (non-hydrogen) atoms. The van der Waals surface area contributed by atoms with Crippen LogP contribution < -0.4 is 14.4 Å².